The van der Waals surface area contributed by atoms with Crippen molar-refractivity contribution in [1.82, 2.24) is 10.6 Å². The minimum absolute atomic E-state index is 0.0344. The van der Waals surface area contributed by atoms with Gasteiger partial charge in [0.2, 0.25) is 0 Å². The minimum atomic E-state index is -3.03. The Morgan fingerprint density at radius 3 is 2.79 bits per heavy atom. The average molecular weight is 354 g/mol. The zero-order valence-electron chi connectivity index (χ0n) is 14.5. The van der Waals surface area contributed by atoms with Crippen LogP contribution >= 0.6 is 0 Å². The molecule has 1 fully saturated rings. The molecule has 0 radical (unpaired) electrons. The van der Waals surface area contributed by atoms with E-state index in [2.05, 4.69) is 24.5 Å². The van der Waals surface area contributed by atoms with E-state index < -0.39 is 9.84 Å². The molecule has 0 unspecified atom stereocenters. The Bertz CT molecular complexity index is 736. The molecule has 0 bridgehead atoms. The number of fused-ring (bicyclic) bond motifs is 1. The van der Waals surface area contributed by atoms with Crippen molar-refractivity contribution in [2.24, 2.45) is 5.41 Å². The van der Waals surface area contributed by atoms with E-state index in [1.165, 1.54) is 0 Å². The fraction of sp³-hybridized carbons (Fsp3) is 0.706. The maximum Gasteiger partial charge on any atom is 0.315 e. The topological polar surface area (TPSA) is 88.4 Å². The van der Waals surface area contributed by atoms with E-state index in [0.717, 1.165) is 29.9 Å². The second-order valence-corrected chi connectivity index (χ2v) is 10.1. The number of urea groups is 1. The van der Waals surface area contributed by atoms with Gasteiger partial charge < -0.3 is 15.1 Å². The SMILES string of the molecule is Cc1cc2c(o1)CC(C)(C)C[C@H]2NC(=O)N[C@@H]1CCCS(=O)(=O)C1. The molecular formula is C17H26N2O4S. The highest BCUT2D eigenvalue weighted by atomic mass is 32.2. The summed E-state index contributed by atoms with van der Waals surface area (Å²) in [7, 11) is -3.03. The van der Waals surface area contributed by atoms with Crippen molar-refractivity contribution in [2.45, 2.75) is 58.5 Å². The molecule has 3 rings (SSSR count). The van der Waals surface area contributed by atoms with Crippen LogP contribution in [0, 0.1) is 12.3 Å². The maximum atomic E-state index is 12.4. The normalized spacial score (nSPS) is 28.0. The number of rotatable bonds is 2. The lowest BCUT2D eigenvalue weighted by Gasteiger charge is -2.35. The van der Waals surface area contributed by atoms with Gasteiger partial charge in [-0.3, -0.25) is 0 Å². The first-order chi connectivity index (χ1) is 11.1. The van der Waals surface area contributed by atoms with E-state index in [-0.39, 0.29) is 35.0 Å². The molecule has 2 heterocycles. The van der Waals surface area contributed by atoms with Crippen LogP contribution in [0.1, 0.15) is 56.2 Å². The summed E-state index contributed by atoms with van der Waals surface area (Å²) in [5, 5.41) is 5.84. The molecule has 0 aromatic carbocycles. The largest absolute Gasteiger partial charge is 0.466 e. The van der Waals surface area contributed by atoms with Crippen molar-refractivity contribution in [1.29, 1.82) is 0 Å². The van der Waals surface area contributed by atoms with Gasteiger partial charge in [0.25, 0.3) is 0 Å². The summed E-state index contributed by atoms with van der Waals surface area (Å²) in [5.41, 5.74) is 1.09. The second kappa shape index (κ2) is 6.10. The Hall–Kier alpha value is -1.50. The van der Waals surface area contributed by atoms with Gasteiger partial charge in [0, 0.05) is 18.0 Å². The van der Waals surface area contributed by atoms with Crippen molar-refractivity contribution in [3.63, 3.8) is 0 Å². The molecule has 1 aliphatic heterocycles. The van der Waals surface area contributed by atoms with Crippen LogP contribution < -0.4 is 10.6 Å². The molecule has 2 atom stereocenters. The van der Waals surface area contributed by atoms with Crippen LogP contribution in [-0.2, 0) is 16.3 Å². The van der Waals surface area contributed by atoms with Crippen LogP contribution in [0.4, 0.5) is 4.79 Å². The Kier molecular flexibility index (Phi) is 4.40. The number of furan rings is 1. The first-order valence-corrected chi connectivity index (χ1v) is 10.3. The number of hydrogen-bond donors (Lipinski definition) is 2. The van der Waals surface area contributed by atoms with E-state index >= 15 is 0 Å². The van der Waals surface area contributed by atoms with Crippen LogP contribution in [-0.4, -0.2) is 32.0 Å². The summed E-state index contributed by atoms with van der Waals surface area (Å²) >= 11 is 0. The lowest BCUT2D eigenvalue weighted by atomic mass is 9.75. The molecule has 134 valence electrons. The number of nitrogens with one attached hydrogen (secondary N) is 2. The molecule has 1 aliphatic carbocycles. The van der Waals surface area contributed by atoms with Crippen molar-refractivity contribution < 1.29 is 17.6 Å². The van der Waals surface area contributed by atoms with E-state index in [1.807, 2.05) is 13.0 Å². The van der Waals surface area contributed by atoms with Gasteiger partial charge in [0.1, 0.15) is 11.5 Å². The van der Waals surface area contributed by atoms with Crippen molar-refractivity contribution in [2.75, 3.05) is 11.5 Å². The van der Waals surface area contributed by atoms with Gasteiger partial charge in [-0.1, -0.05) is 13.8 Å². The van der Waals surface area contributed by atoms with E-state index in [1.54, 1.807) is 0 Å². The molecule has 24 heavy (non-hydrogen) atoms. The number of aryl methyl sites for hydroxylation is 1. The predicted molar refractivity (Wildman–Crippen MR) is 91.6 cm³/mol. The third kappa shape index (κ3) is 3.94. The van der Waals surface area contributed by atoms with Gasteiger partial charge >= 0.3 is 6.03 Å². The van der Waals surface area contributed by atoms with Crippen molar-refractivity contribution in [3.05, 3.63) is 23.2 Å². The minimum Gasteiger partial charge on any atom is -0.466 e. The molecule has 0 spiro atoms. The molecule has 1 aromatic rings. The zero-order valence-corrected chi connectivity index (χ0v) is 15.3. The average Bonchev–Trinajstić information content (AvgIpc) is 2.76. The highest BCUT2D eigenvalue weighted by Crippen LogP contribution is 2.41. The predicted octanol–water partition coefficient (Wildman–Crippen LogP) is 2.48. The highest BCUT2D eigenvalue weighted by molar-refractivity contribution is 7.91. The van der Waals surface area contributed by atoms with E-state index in [4.69, 9.17) is 4.42 Å². The van der Waals surface area contributed by atoms with E-state index in [9.17, 15) is 13.2 Å². The van der Waals surface area contributed by atoms with Crippen molar-refractivity contribution >= 4 is 15.9 Å². The molecule has 2 N–H and O–H groups in total. The lowest BCUT2D eigenvalue weighted by Crippen LogP contribution is -2.49. The first-order valence-electron chi connectivity index (χ1n) is 8.50. The van der Waals surface area contributed by atoms with Crippen LogP contribution in [0.5, 0.6) is 0 Å². The molecule has 1 saturated heterocycles. The lowest BCUT2D eigenvalue weighted by molar-refractivity contribution is 0.212. The summed E-state index contributed by atoms with van der Waals surface area (Å²) in [5.74, 6) is 2.05. The van der Waals surface area contributed by atoms with Gasteiger partial charge in [0.15, 0.2) is 9.84 Å². The Balaban J connectivity index is 1.68. The monoisotopic (exact) mass is 354 g/mol. The third-order valence-electron chi connectivity index (χ3n) is 4.84. The first kappa shape index (κ1) is 17.3. The second-order valence-electron chi connectivity index (χ2n) is 7.90. The Morgan fingerprint density at radius 2 is 2.08 bits per heavy atom. The van der Waals surface area contributed by atoms with Gasteiger partial charge in [-0.05, 0) is 37.7 Å². The van der Waals surface area contributed by atoms with E-state index in [0.29, 0.717) is 12.8 Å². The van der Waals surface area contributed by atoms with Crippen LogP contribution in [0.3, 0.4) is 0 Å². The van der Waals surface area contributed by atoms with Crippen LogP contribution in [0.25, 0.3) is 0 Å². The Morgan fingerprint density at radius 1 is 1.33 bits per heavy atom. The molecular weight excluding hydrogens is 328 g/mol. The summed E-state index contributed by atoms with van der Waals surface area (Å²) in [6, 6.07) is 1.28. The molecule has 6 nitrogen and oxygen atoms in total. The number of amides is 2. The standard InChI is InChI=1S/C17H26N2O4S/c1-11-7-13-14(8-17(2,3)9-15(13)23-11)19-16(20)18-12-5-4-6-24(21,22)10-12/h7,12,14H,4-6,8-10H2,1-3H3,(H2,18,19,20)/t12-,14-/m1/s1. The number of carbonyl (C=O) groups excluding carboxylic acids is 1. The van der Waals surface area contributed by atoms with Crippen molar-refractivity contribution in [3.8, 4) is 0 Å². The quantitative estimate of drug-likeness (QED) is 0.854. The van der Waals surface area contributed by atoms with Crippen LogP contribution in [0.15, 0.2) is 10.5 Å². The summed E-state index contributed by atoms with van der Waals surface area (Å²) < 4.78 is 29.2. The highest BCUT2D eigenvalue weighted by Gasteiger charge is 2.36. The molecule has 1 aromatic heterocycles. The molecule has 2 amide bonds. The molecule has 2 aliphatic rings. The van der Waals surface area contributed by atoms with Gasteiger partial charge in [-0.25, -0.2) is 13.2 Å². The van der Waals surface area contributed by atoms with Gasteiger partial charge in [0.05, 0.1) is 17.5 Å². The molecule has 0 saturated carbocycles. The smallest absolute Gasteiger partial charge is 0.315 e. The van der Waals surface area contributed by atoms with Crippen LogP contribution in [0.2, 0.25) is 0 Å². The third-order valence-corrected chi connectivity index (χ3v) is 6.66. The van der Waals surface area contributed by atoms with Gasteiger partial charge in [-0.2, -0.15) is 0 Å². The number of sulfone groups is 1. The fourth-order valence-electron chi connectivity index (χ4n) is 3.84. The number of hydrogen-bond acceptors (Lipinski definition) is 4. The fourth-order valence-corrected chi connectivity index (χ4v) is 5.47. The maximum absolute atomic E-state index is 12.4. The Labute approximate surface area is 143 Å². The zero-order chi connectivity index (χ0) is 17.5. The van der Waals surface area contributed by atoms with Gasteiger partial charge in [-0.15, -0.1) is 0 Å². The number of carbonyl (C=O) groups is 1. The summed E-state index contributed by atoms with van der Waals surface area (Å²) in [4.78, 5) is 12.4. The molecule has 7 heteroatoms. The summed E-state index contributed by atoms with van der Waals surface area (Å²) in [6.07, 6.45) is 3.00. The summed E-state index contributed by atoms with van der Waals surface area (Å²) in [6.45, 7) is 6.23.